The highest BCUT2D eigenvalue weighted by molar-refractivity contribution is 7.89. The van der Waals surface area contributed by atoms with Crippen molar-refractivity contribution in [2.75, 3.05) is 24.2 Å². The number of nitrogens with one attached hydrogen (secondary N) is 2. The Morgan fingerprint density at radius 3 is 2.67 bits per heavy atom. The van der Waals surface area contributed by atoms with Crippen molar-refractivity contribution in [1.82, 2.24) is 24.2 Å². The average Bonchev–Trinajstić information content (AvgIpc) is 2.95. The highest BCUT2D eigenvalue weighted by atomic mass is 32.2. The van der Waals surface area contributed by atoms with E-state index in [2.05, 4.69) is 25.0 Å². The molecule has 9 heteroatoms. The normalized spacial score (nSPS) is 11.6. The van der Waals surface area contributed by atoms with Gasteiger partial charge in [0, 0.05) is 31.5 Å². The minimum atomic E-state index is -3.19. The summed E-state index contributed by atoms with van der Waals surface area (Å²) in [5, 5.41) is 3.12. The molecule has 0 aliphatic rings. The second-order valence-corrected chi connectivity index (χ2v) is 7.42. The highest BCUT2D eigenvalue weighted by Gasteiger charge is 2.09. The van der Waals surface area contributed by atoms with Crippen LogP contribution in [0.15, 0.2) is 18.5 Å². The Kier molecular flexibility index (Phi) is 6.27. The fraction of sp³-hybridized carbons (Fsp3) is 0.533. The van der Waals surface area contributed by atoms with E-state index in [4.69, 9.17) is 0 Å². The molecule has 0 spiro atoms. The maximum atomic E-state index is 11.7. The van der Waals surface area contributed by atoms with Gasteiger partial charge in [-0.25, -0.2) is 28.1 Å². The fourth-order valence-corrected chi connectivity index (χ4v) is 3.42. The predicted octanol–water partition coefficient (Wildman–Crippen LogP) is 1.41. The van der Waals surface area contributed by atoms with Gasteiger partial charge in [0.1, 0.15) is 23.3 Å². The van der Waals surface area contributed by atoms with E-state index in [-0.39, 0.29) is 5.75 Å². The maximum Gasteiger partial charge on any atom is 0.211 e. The van der Waals surface area contributed by atoms with Crippen LogP contribution in [0.1, 0.15) is 31.4 Å². The van der Waals surface area contributed by atoms with E-state index in [0.29, 0.717) is 31.2 Å². The van der Waals surface area contributed by atoms with E-state index in [0.717, 1.165) is 18.1 Å². The number of hydrogen-bond donors (Lipinski definition) is 2. The first-order valence-corrected chi connectivity index (χ1v) is 9.63. The van der Waals surface area contributed by atoms with Gasteiger partial charge in [0.2, 0.25) is 10.0 Å². The molecule has 0 amide bonds. The molecule has 0 saturated carbocycles. The number of imidazole rings is 1. The van der Waals surface area contributed by atoms with Crippen LogP contribution in [-0.4, -0.2) is 46.8 Å². The van der Waals surface area contributed by atoms with E-state index in [1.807, 2.05) is 37.6 Å². The van der Waals surface area contributed by atoms with E-state index >= 15 is 0 Å². The number of anilines is 1. The molecule has 2 heterocycles. The minimum absolute atomic E-state index is 0.167. The van der Waals surface area contributed by atoms with E-state index in [9.17, 15) is 8.42 Å². The first kappa shape index (κ1) is 18.3. The van der Waals surface area contributed by atoms with Gasteiger partial charge in [0.15, 0.2) is 0 Å². The summed E-state index contributed by atoms with van der Waals surface area (Å²) in [7, 11) is -3.19. The summed E-state index contributed by atoms with van der Waals surface area (Å²) in [6.07, 6.45) is 5.07. The van der Waals surface area contributed by atoms with Gasteiger partial charge in [0.25, 0.3) is 0 Å². The standard InChI is InChI=1S/C15H24N6O2S/c1-4-5-10-24(22,23)18-7-6-17-14-11-15(20-12(2)19-14)21-9-8-16-13(21)3/h8-9,11,18H,4-7,10H2,1-3H3,(H,17,19,20). The molecule has 8 nitrogen and oxygen atoms in total. The number of unbranched alkanes of at least 4 members (excludes halogenated alkanes) is 1. The van der Waals surface area contributed by atoms with Crippen molar-refractivity contribution in [3.63, 3.8) is 0 Å². The molecular weight excluding hydrogens is 328 g/mol. The van der Waals surface area contributed by atoms with Crippen LogP contribution in [0.4, 0.5) is 5.82 Å². The third kappa shape index (κ3) is 5.27. The van der Waals surface area contributed by atoms with Crippen molar-refractivity contribution in [2.45, 2.75) is 33.6 Å². The van der Waals surface area contributed by atoms with Gasteiger partial charge >= 0.3 is 0 Å². The van der Waals surface area contributed by atoms with Crippen molar-refractivity contribution < 1.29 is 8.42 Å². The molecule has 0 aliphatic carbocycles. The lowest BCUT2D eigenvalue weighted by Gasteiger charge is -2.10. The second kappa shape index (κ2) is 8.20. The molecule has 0 radical (unpaired) electrons. The fourth-order valence-electron chi connectivity index (χ4n) is 2.19. The van der Waals surface area contributed by atoms with Crippen LogP contribution in [0.3, 0.4) is 0 Å². The average molecular weight is 352 g/mol. The second-order valence-electron chi connectivity index (χ2n) is 5.50. The molecule has 0 fully saturated rings. The molecule has 0 aliphatic heterocycles. The van der Waals surface area contributed by atoms with Gasteiger partial charge < -0.3 is 5.32 Å². The van der Waals surface area contributed by atoms with Crippen molar-refractivity contribution in [3.05, 3.63) is 30.1 Å². The molecule has 2 N–H and O–H groups in total. The predicted molar refractivity (Wildman–Crippen MR) is 93.8 cm³/mol. The van der Waals surface area contributed by atoms with Gasteiger partial charge in [0.05, 0.1) is 5.75 Å². The molecule has 2 rings (SSSR count). The third-order valence-corrected chi connectivity index (χ3v) is 4.89. The number of rotatable bonds is 9. The van der Waals surface area contributed by atoms with Gasteiger partial charge in [-0.3, -0.25) is 4.57 Å². The monoisotopic (exact) mass is 352 g/mol. The topological polar surface area (TPSA) is 102 Å². The zero-order valence-corrected chi connectivity index (χ0v) is 15.1. The molecular formula is C15H24N6O2S. The number of hydrogen-bond acceptors (Lipinski definition) is 6. The Balaban J connectivity index is 1.94. The molecule has 24 heavy (non-hydrogen) atoms. The minimum Gasteiger partial charge on any atom is -0.369 e. The zero-order valence-electron chi connectivity index (χ0n) is 14.3. The zero-order chi connectivity index (χ0) is 17.6. The largest absolute Gasteiger partial charge is 0.369 e. The highest BCUT2D eigenvalue weighted by Crippen LogP contribution is 2.12. The quantitative estimate of drug-likeness (QED) is 0.662. The molecule has 0 bridgehead atoms. The Bertz CT molecular complexity index is 772. The maximum absolute atomic E-state index is 11.7. The molecule has 0 aromatic carbocycles. The first-order valence-electron chi connectivity index (χ1n) is 7.98. The SMILES string of the molecule is CCCCS(=O)(=O)NCCNc1cc(-n2ccnc2C)nc(C)n1. The molecule has 132 valence electrons. The lowest BCUT2D eigenvalue weighted by molar-refractivity contribution is 0.579. The molecule has 0 saturated heterocycles. The summed E-state index contributed by atoms with van der Waals surface area (Å²) >= 11 is 0. The molecule has 0 unspecified atom stereocenters. The van der Waals surface area contributed by atoms with Gasteiger partial charge in [-0.15, -0.1) is 0 Å². The van der Waals surface area contributed by atoms with Gasteiger partial charge in [-0.2, -0.15) is 0 Å². The van der Waals surface area contributed by atoms with Crippen LogP contribution in [0.25, 0.3) is 5.82 Å². The van der Waals surface area contributed by atoms with Crippen molar-refractivity contribution >= 4 is 15.8 Å². The lowest BCUT2D eigenvalue weighted by atomic mass is 10.4. The van der Waals surface area contributed by atoms with Crippen molar-refractivity contribution in [3.8, 4) is 5.82 Å². The first-order chi connectivity index (χ1) is 11.4. The van der Waals surface area contributed by atoms with Crippen LogP contribution in [0.5, 0.6) is 0 Å². The van der Waals surface area contributed by atoms with Gasteiger partial charge in [-0.1, -0.05) is 13.3 Å². The summed E-state index contributed by atoms with van der Waals surface area (Å²) in [5.74, 6) is 3.01. The number of aromatic nitrogens is 4. The number of sulfonamides is 1. The van der Waals surface area contributed by atoms with Crippen LogP contribution < -0.4 is 10.0 Å². The van der Waals surface area contributed by atoms with Crippen LogP contribution in [0, 0.1) is 13.8 Å². The third-order valence-electron chi connectivity index (χ3n) is 3.42. The van der Waals surface area contributed by atoms with Crippen LogP contribution in [0.2, 0.25) is 0 Å². The molecule has 2 aromatic heterocycles. The summed E-state index contributed by atoms with van der Waals surface area (Å²) < 4.78 is 27.9. The van der Waals surface area contributed by atoms with Crippen LogP contribution >= 0.6 is 0 Å². The number of nitrogens with zero attached hydrogens (tertiary/aromatic N) is 4. The molecule has 2 aromatic rings. The summed E-state index contributed by atoms with van der Waals surface area (Å²) in [4.78, 5) is 12.9. The Morgan fingerprint density at radius 1 is 1.21 bits per heavy atom. The summed E-state index contributed by atoms with van der Waals surface area (Å²) in [6.45, 7) is 6.44. The van der Waals surface area contributed by atoms with Gasteiger partial charge in [-0.05, 0) is 20.3 Å². The smallest absolute Gasteiger partial charge is 0.211 e. The summed E-state index contributed by atoms with van der Waals surface area (Å²) in [5.41, 5.74) is 0. The van der Waals surface area contributed by atoms with Crippen molar-refractivity contribution in [2.24, 2.45) is 0 Å². The number of aryl methyl sites for hydroxylation is 2. The van der Waals surface area contributed by atoms with E-state index in [1.54, 1.807) is 6.20 Å². The summed E-state index contributed by atoms with van der Waals surface area (Å²) in [6, 6.07) is 1.81. The lowest BCUT2D eigenvalue weighted by Crippen LogP contribution is -2.31. The molecule has 0 atom stereocenters. The Hall–Kier alpha value is -2.00. The Labute approximate surface area is 142 Å². The van der Waals surface area contributed by atoms with E-state index < -0.39 is 10.0 Å². The Morgan fingerprint density at radius 2 is 2.00 bits per heavy atom. The van der Waals surface area contributed by atoms with Crippen LogP contribution in [-0.2, 0) is 10.0 Å². The van der Waals surface area contributed by atoms with Crippen molar-refractivity contribution in [1.29, 1.82) is 0 Å². The van der Waals surface area contributed by atoms with E-state index in [1.165, 1.54) is 0 Å².